The molecule has 0 aliphatic heterocycles. The highest BCUT2D eigenvalue weighted by Gasteiger charge is 2.24. The van der Waals surface area contributed by atoms with Gasteiger partial charge in [0.05, 0.1) is 18.1 Å². The van der Waals surface area contributed by atoms with E-state index < -0.39 is 0 Å². The van der Waals surface area contributed by atoms with Crippen molar-refractivity contribution in [1.29, 1.82) is 0 Å². The number of fused-ring (bicyclic) bond motifs is 1. The van der Waals surface area contributed by atoms with E-state index in [9.17, 15) is 4.79 Å². The number of hydrogen-bond acceptors (Lipinski definition) is 3. The number of ether oxygens (including phenoxy) is 1. The lowest BCUT2D eigenvalue weighted by molar-refractivity contribution is -0.127. The van der Waals surface area contributed by atoms with Crippen LogP contribution in [0.2, 0.25) is 0 Å². The fraction of sp³-hybridized carbons (Fsp3) is 0.467. The molecule has 106 valence electrons. The summed E-state index contributed by atoms with van der Waals surface area (Å²) in [7, 11) is 1.65. The first-order chi connectivity index (χ1) is 9.76. The summed E-state index contributed by atoms with van der Waals surface area (Å²) in [4.78, 5) is 19.5. The van der Waals surface area contributed by atoms with E-state index >= 15 is 0 Å². The first-order valence-corrected chi connectivity index (χ1v) is 7.06. The largest absolute Gasteiger partial charge is 0.497 e. The van der Waals surface area contributed by atoms with Gasteiger partial charge in [-0.25, -0.2) is 4.98 Å². The number of hydrogen-bond donors (Lipinski definition) is 2. The van der Waals surface area contributed by atoms with Crippen molar-refractivity contribution < 1.29 is 9.53 Å². The Kier molecular flexibility index (Phi) is 3.58. The summed E-state index contributed by atoms with van der Waals surface area (Å²) in [5.41, 5.74) is 1.88. The number of benzene rings is 1. The number of nitrogens with one attached hydrogen (secondary N) is 2. The molecule has 0 spiro atoms. The van der Waals surface area contributed by atoms with Gasteiger partial charge in [0, 0.05) is 24.9 Å². The molecule has 0 unspecified atom stereocenters. The second-order valence-corrected chi connectivity index (χ2v) is 5.24. The van der Waals surface area contributed by atoms with Crippen LogP contribution in [0.5, 0.6) is 5.75 Å². The zero-order valence-electron chi connectivity index (χ0n) is 11.6. The summed E-state index contributed by atoms with van der Waals surface area (Å²) in [6.45, 7) is 0.631. The van der Waals surface area contributed by atoms with Crippen molar-refractivity contribution in [2.45, 2.75) is 25.7 Å². The standard InChI is InChI=1S/C15H19N3O2/c1-20-11-5-6-12-13(9-11)18-14(17-12)7-8-16-15(19)10-3-2-4-10/h5-6,9-10H,2-4,7-8H2,1H3,(H,16,19)(H,17,18). The van der Waals surface area contributed by atoms with Crippen LogP contribution in [-0.2, 0) is 11.2 Å². The molecule has 1 aliphatic carbocycles. The molecule has 1 heterocycles. The molecule has 1 aromatic heterocycles. The molecule has 5 nitrogen and oxygen atoms in total. The Morgan fingerprint density at radius 2 is 2.35 bits per heavy atom. The van der Waals surface area contributed by atoms with Crippen LogP contribution >= 0.6 is 0 Å². The molecule has 20 heavy (non-hydrogen) atoms. The van der Waals surface area contributed by atoms with Crippen LogP contribution < -0.4 is 10.1 Å². The van der Waals surface area contributed by atoms with Crippen LogP contribution in [-0.4, -0.2) is 29.5 Å². The summed E-state index contributed by atoms with van der Waals surface area (Å²) in [5.74, 6) is 2.14. The number of H-pyrrole nitrogens is 1. The Bertz CT molecular complexity index is 617. The van der Waals surface area contributed by atoms with Crippen molar-refractivity contribution in [3.05, 3.63) is 24.0 Å². The van der Waals surface area contributed by atoms with Gasteiger partial charge in [0.25, 0.3) is 0 Å². The van der Waals surface area contributed by atoms with Crippen molar-refractivity contribution in [1.82, 2.24) is 15.3 Å². The fourth-order valence-corrected chi connectivity index (χ4v) is 2.41. The Hall–Kier alpha value is -2.04. The molecule has 0 saturated heterocycles. The Labute approximate surface area is 117 Å². The number of aromatic nitrogens is 2. The fourth-order valence-electron chi connectivity index (χ4n) is 2.41. The average Bonchev–Trinajstić information content (AvgIpc) is 2.78. The number of methoxy groups -OCH3 is 1. The highest BCUT2D eigenvalue weighted by atomic mass is 16.5. The van der Waals surface area contributed by atoms with Gasteiger partial charge in [-0.1, -0.05) is 6.42 Å². The van der Waals surface area contributed by atoms with Gasteiger partial charge in [-0.05, 0) is 25.0 Å². The van der Waals surface area contributed by atoms with E-state index in [0.29, 0.717) is 6.54 Å². The normalized spacial score (nSPS) is 15.1. The maximum absolute atomic E-state index is 11.7. The number of amides is 1. The van der Waals surface area contributed by atoms with Gasteiger partial charge in [-0.3, -0.25) is 4.79 Å². The van der Waals surface area contributed by atoms with Crippen molar-refractivity contribution in [3.63, 3.8) is 0 Å². The minimum atomic E-state index is 0.189. The number of carbonyl (C=O) groups excluding carboxylic acids is 1. The topological polar surface area (TPSA) is 67.0 Å². The molecule has 0 bridgehead atoms. The summed E-state index contributed by atoms with van der Waals surface area (Å²) < 4.78 is 5.18. The lowest BCUT2D eigenvalue weighted by Gasteiger charge is -2.23. The predicted octanol–water partition coefficient (Wildman–Crippen LogP) is 2.03. The zero-order valence-corrected chi connectivity index (χ0v) is 11.6. The molecule has 5 heteroatoms. The van der Waals surface area contributed by atoms with Crippen LogP contribution in [0.25, 0.3) is 11.0 Å². The van der Waals surface area contributed by atoms with Crippen LogP contribution in [0.1, 0.15) is 25.1 Å². The van der Waals surface area contributed by atoms with E-state index in [1.807, 2.05) is 18.2 Å². The summed E-state index contributed by atoms with van der Waals surface area (Å²) in [5, 5.41) is 2.98. The van der Waals surface area contributed by atoms with Crippen LogP contribution in [0.15, 0.2) is 18.2 Å². The lowest BCUT2D eigenvalue weighted by Crippen LogP contribution is -2.35. The van der Waals surface area contributed by atoms with Crippen LogP contribution in [0.3, 0.4) is 0 Å². The Morgan fingerprint density at radius 1 is 1.50 bits per heavy atom. The molecule has 1 aromatic carbocycles. The number of rotatable bonds is 5. The van der Waals surface area contributed by atoms with Crippen molar-refractivity contribution >= 4 is 16.9 Å². The van der Waals surface area contributed by atoms with Gasteiger partial charge in [0.15, 0.2) is 0 Å². The highest BCUT2D eigenvalue weighted by Crippen LogP contribution is 2.26. The Balaban J connectivity index is 1.58. The molecule has 2 N–H and O–H groups in total. The van der Waals surface area contributed by atoms with Gasteiger partial charge in [-0.15, -0.1) is 0 Å². The third-order valence-electron chi connectivity index (χ3n) is 3.88. The maximum atomic E-state index is 11.7. The van der Waals surface area contributed by atoms with E-state index in [1.165, 1.54) is 6.42 Å². The van der Waals surface area contributed by atoms with Gasteiger partial charge in [0.1, 0.15) is 11.6 Å². The monoisotopic (exact) mass is 273 g/mol. The van der Waals surface area contributed by atoms with Crippen molar-refractivity contribution in [2.24, 2.45) is 5.92 Å². The first-order valence-electron chi connectivity index (χ1n) is 7.06. The van der Waals surface area contributed by atoms with E-state index in [0.717, 1.165) is 41.9 Å². The molecular formula is C15H19N3O2. The molecular weight excluding hydrogens is 254 g/mol. The van der Waals surface area contributed by atoms with Gasteiger partial charge < -0.3 is 15.0 Å². The molecule has 1 saturated carbocycles. The quantitative estimate of drug-likeness (QED) is 0.876. The molecule has 2 aromatic rings. The second kappa shape index (κ2) is 5.53. The first kappa shape index (κ1) is 13.0. The highest BCUT2D eigenvalue weighted by molar-refractivity contribution is 5.79. The van der Waals surface area contributed by atoms with Crippen LogP contribution in [0.4, 0.5) is 0 Å². The van der Waals surface area contributed by atoms with Gasteiger partial charge in [0.2, 0.25) is 5.91 Å². The minimum absolute atomic E-state index is 0.189. The number of nitrogens with zero attached hydrogens (tertiary/aromatic N) is 1. The smallest absolute Gasteiger partial charge is 0.223 e. The molecule has 0 atom stereocenters. The van der Waals surface area contributed by atoms with E-state index in [4.69, 9.17) is 4.74 Å². The van der Waals surface area contributed by atoms with Crippen LogP contribution in [0, 0.1) is 5.92 Å². The minimum Gasteiger partial charge on any atom is -0.497 e. The molecule has 1 amide bonds. The SMILES string of the molecule is COc1ccc2nc(CCNC(=O)C3CCC3)[nH]c2c1. The maximum Gasteiger partial charge on any atom is 0.223 e. The predicted molar refractivity (Wildman–Crippen MR) is 76.7 cm³/mol. The molecule has 1 aliphatic rings. The third kappa shape index (κ3) is 2.61. The summed E-state index contributed by atoms with van der Waals surface area (Å²) >= 11 is 0. The summed E-state index contributed by atoms with van der Waals surface area (Å²) in [6.07, 6.45) is 3.98. The Morgan fingerprint density at radius 3 is 3.05 bits per heavy atom. The lowest BCUT2D eigenvalue weighted by atomic mass is 9.85. The molecule has 1 fully saturated rings. The summed E-state index contributed by atoms with van der Waals surface area (Å²) in [6, 6.07) is 5.76. The third-order valence-corrected chi connectivity index (χ3v) is 3.88. The van der Waals surface area contributed by atoms with E-state index in [1.54, 1.807) is 7.11 Å². The number of carbonyl (C=O) groups is 1. The average molecular weight is 273 g/mol. The number of aromatic amines is 1. The number of imidazole rings is 1. The van der Waals surface area contributed by atoms with Gasteiger partial charge in [-0.2, -0.15) is 0 Å². The molecule has 3 rings (SSSR count). The van der Waals surface area contributed by atoms with Gasteiger partial charge >= 0.3 is 0 Å². The van der Waals surface area contributed by atoms with E-state index in [-0.39, 0.29) is 11.8 Å². The second-order valence-electron chi connectivity index (χ2n) is 5.24. The molecule has 0 radical (unpaired) electrons. The van der Waals surface area contributed by atoms with Crippen molar-refractivity contribution in [3.8, 4) is 5.75 Å². The van der Waals surface area contributed by atoms with Crippen molar-refractivity contribution in [2.75, 3.05) is 13.7 Å². The van der Waals surface area contributed by atoms with E-state index in [2.05, 4.69) is 15.3 Å². The zero-order chi connectivity index (χ0) is 13.9.